The van der Waals surface area contributed by atoms with E-state index in [4.69, 9.17) is 18.6 Å². The van der Waals surface area contributed by atoms with Crippen molar-refractivity contribution >= 4 is 17.7 Å². The summed E-state index contributed by atoms with van der Waals surface area (Å²) >= 11 is 0. The lowest BCUT2D eigenvalue weighted by molar-refractivity contribution is -0.294. The summed E-state index contributed by atoms with van der Waals surface area (Å²) in [7, 11) is 1.31. The largest absolute Gasteiger partial charge is 0.472 e. The van der Waals surface area contributed by atoms with Crippen molar-refractivity contribution in [3.05, 3.63) is 24.2 Å². The van der Waals surface area contributed by atoms with Crippen molar-refractivity contribution in [1.82, 2.24) is 0 Å². The van der Waals surface area contributed by atoms with Crippen molar-refractivity contribution in [3.63, 3.8) is 0 Å². The number of hydrogen-bond donors (Lipinski definition) is 2. The topological polar surface area (TPSA) is 133 Å². The number of carbonyl (C=O) groups is 3. The third kappa shape index (κ3) is 1.96. The lowest BCUT2D eigenvalue weighted by Crippen LogP contribution is -2.72. The Morgan fingerprint density at radius 2 is 1.97 bits per heavy atom. The van der Waals surface area contributed by atoms with Gasteiger partial charge in [-0.05, 0) is 37.2 Å². The van der Waals surface area contributed by atoms with Crippen LogP contribution in [0.15, 0.2) is 23.0 Å². The van der Waals surface area contributed by atoms with Gasteiger partial charge in [0.05, 0.1) is 37.6 Å². The molecule has 0 radical (unpaired) electrons. The number of cyclic esters (lactones) is 1. The molecule has 36 heavy (non-hydrogen) atoms. The highest BCUT2D eigenvalue weighted by Crippen LogP contribution is 2.85. The second-order valence-corrected chi connectivity index (χ2v) is 12.8. The summed E-state index contributed by atoms with van der Waals surface area (Å²) in [6.07, 6.45) is 2.16. The summed E-state index contributed by atoms with van der Waals surface area (Å²) in [6, 6.07) is 1.74. The molecule has 6 fully saturated rings. The van der Waals surface area contributed by atoms with Crippen molar-refractivity contribution in [2.24, 2.45) is 34.0 Å². The van der Waals surface area contributed by atoms with Crippen LogP contribution < -0.4 is 0 Å². The number of esters is 2. The van der Waals surface area contributed by atoms with Gasteiger partial charge in [0.15, 0.2) is 5.78 Å². The second kappa shape index (κ2) is 6.25. The summed E-state index contributed by atoms with van der Waals surface area (Å²) in [5.74, 6) is -3.12. The molecule has 2 bridgehead atoms. The molecule has 0 aromatic carbocycles. The highest BCUT2D eigenvalue weighted by atomic mass is 16.6. The van der Waals surface area contributed by atoms with E-state index in [-0.39, 0.29) is 25.0 Å². The summed E-state index contributed by atoms with van der Waals surface area (Å²) in [5, 5.41) is 25.5. The minimum absolute atomic E-state index is 0.0342. The van der Waals surface area contributed by atoms with Crippen molar-refractivity contribution < 1.29 is 43.2 Å². The van der Waals surface area contributed by atoms with Crippen LogP contribution in [0.2, 0.25) is 0 Å². The van der Waals surface area contributed by atoms with Crippen LogP contribution in [0, 0.1) is 34.0 Å². The molecule has 194 valence electrons. The third-order valence-corrected chi connectivity index (χ3v) is 11.9. The fourth-order valence-corrected chi connectivity index (χ4v) is 10.6. The Labute approximate surface area is 208 Å². The van der Waals surface area contributed by atoms with E-state index >= 15 is 0 Å². The molecule has 11 atom stereocenters. The van der Waals surface area contributed by atoms with Gasteiger partial charge in [0.1, 0.15) is 23.4 Å². The van der Waals surface area contributed by atoms with Gasteiger partial charge in [-0.2, -0.15) is 0 Å². The zero-order valence-electron chi connectivity index (χ0n) is 20.9. The van der Waals surface area contributed by atoms with Crippen LogP contribution in [0.5, 0.6) is 0 Å². The summed E-state index contributed by atoms with van der Waals surface area (Å²) < 4.78 is 22.9. The molecule has 9 nitrogen and oxygen atoms in total. The SMILES string of the molecule is COC(=O)C[C@@H]1[C@@]2(C)[C@H]3CC[C@@]4(C)[C@H](c5ccoc5)OC(=O)C[C@@]45O[C@H]4C(=O)[C@]1(C)C[C@]2(O)[C@H]4[C@@]35O. The van der Waals surface area contributed by atoms with Crippen molar-refractivity contribution in [3.8, 4) is 0 Å². The maximum atomic E-state index is 14.2. The molecule has 7 rings (SSSR count). The molecule has 3 heterocycles. The molecule has 0 unspecified atom stereocenters. The molecule has 1 spiro atoms. The molecule has 9 heteroatoms. The highest BCUT2D eigenvalue weighted by molar-refractivity contribution is 5.94. The Kier molecular flexibility index (Phi) is 3.98. The number of methoxy groups -OCH3 is 1. The van der Waals surface area contributed by atoms with Crippen molar-refractivity contribution in [2.75, 3.05) is 7.11 Å². The van der Waals surface area contributed by atoms with Crippen LogP contribution in [0.25, 0.3) is 0 Å². The first-order valence-corrected chi connectivity index (χ1v) is 12.8. The van der Waals surface area contributed by atoms with E-state index in [0.717, 1.165) is 0 Å². The van der Waals surface area contributed by atoms with Gasteiger partial charge in [-0.15, -0.1) is 0 Å². The molecule has 2 N–H and O–H groups in total. The smallest absolute Gasteiger partial charge is 0.309 e. The minimum atomic E-state index is -1.67. The van der Waals surface area contributed by atoms with Gasteiger partial charge in [-0.25, -0.2) is 0 Å². The van der Waals surface area contributed by atoms with E-state index in [1.54, 1.807) is 6.07 Å². The molecule has 0 amide bonds. The summed E-state index contributed by atoms with van der Waals surface area (Å²) in [6.45, 7) is 5.68. The van der Waals surface area contributed by atoms with E-state index in [0.29, 0.717) is 18.4 Å². The van der Waals surface area contributed by atoms with Crippen molar-refractivity contribution in [1.29, 1.82) is 0 Å². The Morgan fingerprint density at radius 3 is 2.64 bits per heavy atom. The van der Waals surface area contributed by atoms with Crippen LogP contribution in [0.3, 0.4) is 0 Å². The third-order valence-electron chi connectivity index (χ3n) is 11.9. The number of rotatable bonds is 3. The predicted molar refractivity (Wildman–Crippen MR) is 120 cm³/mol. The maximum absolute atomic E-state index is 14.2. The van der Waals surface area contributed by atoms with Crippen LogP contribution in [-0.4, -0.2) is 58.0 Å². The van der Waals surface area contributed by atoms with E-state index in [2.05, 4.69) is 0 Å². The Morgan fingerprint density at radius 1 is 1.22 bits per heavy atom. The van der Waals surface area contributed by atoms with E-state index in [1.165, 1.54) is 19.6 Å². The number of carbonyl (C=O) groups excluding carboxylic acids is 3. The van der Waals surface area contributed by atoms with E-state index in [9.17, 15) is 24.6 Å². The fraction of sp³-hybridized carbons (Fsp3) is 0.741. The first-order chi connectivity index (χ1) is 16.8. The fourth-order valence-electron chi connectivity index (χ4n) is 10.6. The minimum Gasteiger partial charge on any atom is -0.472 e. The summed E-state index contributed by atoms with van der Waals surface area (Å²) in [4.78, 5) is 39.9. The Bertz CT molecular complexity index is 1210. The van der Waals surface area contributed by atoms with Gasteiger partial charge >= 0.3 is 11.9 Å². The van der Waals surface area contributed by atoms with Crippen LogP contribution in [0.1, 0.15) is 64.5 Å². The van der Waals surface area contributed by atoms with Gasteiger partial charge in [0.25, 0.3) is 0 Å². The number of ketones is 1. The predicted octanol–water partition coefficient (Wildman–Crippen LogP) is 2.09. The molecule has 2 saturated heterocycles. The van der Waals surface area contributed by atoms with Crippen LogP contribution in [-0.2, 0) is 28.6 Å². The number of aliphatic hydroxyl groups is 2. The standard InChI is InChI=1S/C27H32O9/c1-22-12-25(31)19-18(20(22)30)36-26-10-17(29)35-21(13-6-8-34-11-13)23(26,2)7-5-14(27(19,26)32)24(25,3)15(22)9-16(28)33-4/h6,8,11,14-15,18-19,21,31-32H,5,7,9-10,12H2,1-4H3/t14-,15+,18-,19+,21+,22-,23+,24-,25+,26-,27+/m1/s1. The molecule has 2 aliphatic heterocycles. The number of hydrogen-bond acceptors (Lipinski definition) is 9. The van der Waals surface area contributed by atoms with Gasteiger partial charge in [-0.1, -0.05) is 20.8 Å². The number of furan rings is 1. The first-order valence-electron chi connectivity index (χ1n) is 12.8. The average molecular weight is 501 g/mol. The van der Waals surface area contributed by atoms with E-state index in [1.807, 2.05) is 20.8 Å². The molecule has 4 aliphatic carbocycles. The quantitative estimate of drug-likeness (QED) is 0.599. The highest BCUT2D eigenvalue weighted by Gasteiger charge is 2.95. The van der Waals surface area contributed by atoms with Gasteiger partial charge in [-0.3, -0.25) is 14.4 Å². The lowest BCUT2D eigenvalue weighted by atomic mass is 9.45. The van der Waals surface area contributed by atoms with Crippen molar-refractivity contribution in [2.45, 2.75) is 81.9 Å². The van der Waals surface area contributed by atoms with Crippen LogP contribution in [0.4, 0.5) is 0 Å². The molecule has 6 aliphatic rings. The zero-order chi connectivity index (χ0) is 25.7. The average Bonchev–Trinajstić information content (AvgIpc) is 3.50. The van der Waals surface area contributed by atoms with Gasteiger partial charge in [0, 0.05) is 28.2 Å². The molecular weight excluding hydrogens is 468 g/mol. The Balaban J connectivity index is 1.48. The summed E-state index contributed by atoms with van der Waals surface area (Å²) in [5.41, 5.74) is -6.74. The first kappa shape index (κ1) is 22.9. The van der Waals surface area contributed by atoms with Gasteiger partial charge in [0.2, 0.25) is 0 Å². The molecular formula is C27H32O9. The monoisotopic (exact) mass is 500 g/mol. The normalized spacial score (nSPS) is 55.9. The number of Topliss-reactive ketones (excluding diaryl/α,β-unsaturated/α-hetero) is 1. The molecule has 1 aromatic heterocycles. The Hall–Kier alpha value is -2.23. The number of fused-ring (bicyclic) bond motifs is 2. The number of ether oxygens (including phenoxy) is 3. The zero-order valence-corrected chi connectivity index (χ0v) is 20.9. The van der Waals surface area contributed by atoms with Crippen LogP contribution >= 0.6 is 0 Å². The van der Waals surface area contributed by atoms with E-state index < -0.39 is 74.9 Å². The second-order valence-electron chi connectivity index (χ2n) is 12.8. The van der Waals surface area contributed by atoms with Gasteiger partial charge < -0.3 is 28.8 Å². The maximum Gasteiger partial charge on any atom is 0.309 e. The molecule has 1 aromatic rings. The molecule has 4 saturated carbocycles. The lowest BCUT2D eigenvalue weighted by Gasteiger charge is -2.63.